The molecule has 0 saturated carbocycles. The summed E-state index contributed by atoms with van der Waals surface area (Å²) in [7, 11) is 0. The van der Waals surface area contributed by atoms with Gasteiger partial charge in [0, 0.05) is 30.3 Å². The normalized spacial score (nSPS) is 18.1. The molecule has 0 aromatic heterocycles. The Labute approximate surface area is 181 Å². The third kappa shape index (κ3) is 5.15. The molecule has 2 rings (SSSR count). The number of allylic oxidation sites excluding steroid dienone is 1. The summed E-state index contributed by atoms with van der Waals surface area (Å²) >= 11 is 0. The minimum Gasteiger partial charge on any atom is -0.461 e. The number of ether oxygens (including phenoxy) is 1. The van der Waals surface area contributed by atoms with Crippen molar-refractivity contribution in [2.75, 3.05) is 13.2 Å². The Morgan fingerprint density at radius 3 is 2.45 bits per heavy atom. The smallest absolute Gasteiger partial charge is 0.336 e. The molecule has 0 saturated heterocycles. The largest absolute Gasteiger partial charge is 0.461 e. The van der Waals surface area contributed by atoms with E-state index in [0.29, 0.717) is 36.2 Å². The number of aliphatic imine (C=N–C) groups is 1. The highest BCUT2D eigenvalue weighted by atomic mass is 16.6. The molecule has 0 N–H and O–H groups in total. The number of non-ortho nitro benzene ring substituents is 1. The monoisotopic (exact) mass is 426 g/mol. The van der Waals surface area contributed by atoms with E-state index >= 15 is 0 Å². The van der Waals surface area contributed by atoms with E-state index < -0.39 is 22.9 Å². The molecule has 1 aliphatic heterocycles. The van der Waals surface area contributed by atoms with Crippen LogP contribution in [0, 0.1) is 21.4 Å². The third-order valence-electron chi connectivity index (χ3n) is 5.24. The minimum atomic E-state index is -0.596. The molecule has 1 aromatic rings. The summed E-state index contributed by atoms with van der Waals surface area (Å²) in [5, 5.41) is 19.8. The van der Waals surface area contributed by atoms with Gasteiger partial charge in [0.25, 0.3) is 5.69 Å². The number of rotatable bonds is 10. The first-order chi connectivity index (χ1) is 14.9. The van der Waals surface area contributed by atoms with Crippen molar-refractivity contribution in [3.8, 4) is 6.07 Å². The van der Waals surface area contributed by atoms with Crippen LogP contribution in [0.15, 0.2) is 40.5 Å². The van der Waals surface area contributed by atoms with E-state index in [4.69, 9.17) is 15.0 Å². The van der Waals surface area contributed by atoms with Crippen molar-refractivity contribution in [3.05, 3.63) is 51.2 Å². The Balaban J connectivity index is 2.68. The maximum Gasteiger partial charge on any atom is 0.336 e. The number of nitrogens with zero attached hydrogens (tertiary/aromatic N) is 4. The molecule has 2 unspecified atom stereocenters. The highest BCUT2D eigenvalue weighted by molar-refractivity contribution is 6.00. The highest BCUT2D eigenvalue weighted by Crippen LogP contribution is 2.40. The van der Waals surface area contributed by atoms with Crippen molar-refractivity contribution in [3.63, 3.8) is 0 Å². The van der Waals surface area contributed by atoms with E-state index in [9.17, 15) is 19.7 Å². The first-order valence-corrected chi connectivity index (χ1v) is 10.2. The number of nitriles is 1. The van der Waals surface area contributed by atoms with Gasteiger partial charge in [0.05, 0.1) is 34.7 Å². The second-order valence-electron chi connectivity index (χ2n) is 6.92. The number of carbonyl (C=O) groups excluding carboxylic acids is 2. The molecular formula is C22H26N4O5. The zero-order valence-corrected chi connectivity index (χ0v) is 17.9. The van der Waals surface area contributed by atoms with Crippen LogP contribution in [0.4, 0.5) is 5.69 Å². The van der Waals surface area contributed by atoms with Crippen LogP contribution in [-0.4, -0.2) is 47.1 Å². The zero-order valence-electron chi connectivity index (χ0n) is 17.9. The van der Waals surface area contributed by atoms with Crippen LogP contribution in [-0.2, 0) is 14.3 Å². The Hall–Kier alpha value is -3.54. The molecule has 2 atom stereocenters. The average Bonchev–Trinajstić information content (AvgIpc) is 2.79. The number of esters is 1. The van der Waals surface area contributed by atoms with Gasteiger partial charge in [0.2, 0.25) is 6.41 Å². The molecule has 1 amide bonds. The van der Waals surface area contributed by atoms with Crippen LogP contribution in [0.3, 0.4) is 0 Å². The Morgan fingerprint density at radius 2 is 1.97 bits per heavy atom. The van der Waals surface area contributed by atoms with Crippen LogP contribution >= 0.6 is 0 Å². The second kappa shape index (κ2) is 11.0. The van der Waals surface area contributed by atoms with E-state index in [2.05, 4.69) is 0 Å². The summed E-state index contributed by atoms with van der Waals surface area (Å²) in [5.74, 6) is -1.19. The highest BCUT2D eigenvalue weighted by Gasteiger charge is 2.41. The van der Waals surface area contributed by atoms with Gasteiger partial charge in [0.1, 0.15) is 6.61 Å². The average molecular weight is 426 g/mol. The summed E-state index contributed by atoms with van der Waals surface area (Å²) in [5.41, 5.74) is 2.20. The van der Waals surface area contributed by atoms with Gasteiger partial charge in [-0.2, -0.15) is 5.26 Å². The molecule has 9 nitrogen and oxygen atoms in total. The molecule has 9 heteroatoms. The van der Waals surface area contributed by atoms with E-state index in [-0.39, 0.29) is 18.7 Å². The van der Waals surface area contributed by atoms with Crippen molar-refractivity contribution in [1.29, 1.82) is 5.26 Å². The van der Waals surface area contributed by atoms with Crippen LogP contribution in [0.1, 0.15) is 51.5 Å². The number of carbonyl (C=O) groups is 2. The van der Waals surface area contributed by atoms with Crippen molar-refractivity contribution < 1.29 is 19.2 Å². The van der Waals surface area contributed by atoms with Crippen molar-refractivity contribution in [1.82, 2.24) is 4.90 Å². The number of nitro groups is 1. The van der Waals surface area contributed by atoms with Crippen molar-refractivity contribution in [2.24, 2.45) is 4.99 Å². The third-order valence-corrected chi connectivity index (χ3v) is 5.24. The van der Waals surface area contributed by atoms with Crippen molar-refractivity contribution in [2.45, 2.75) is 52.0 Å². The number of amides is 1. The summed E-state index contributed by atoms with van der Waals surface area (Å²) in [6.45, 7) is 5.98. The zero-order chi connectivity index (χ0) is 23.0. The van der Waals surface area contributed by atoms with Gasteiger partial charge < -0.3 is 9.64 Å². The quantitative estimate of drug-likeness (QED) is 0.185. The number of likely N-dealkylation sites (N-methyl/N-ethyl adjacent to an activating group) is 1. The molecule has 0 bridgehead atoms. The number of benzene rings is 1. The summed E-state index contributed by atoms with van der Waals surface area (Å²) < 4.78 is 5.33. The lowest BCUT2D eigenvalue weighted by Gasteiger charge is -2.39. The second-order valence-corrected chi connectivity index (χ2v) is 6.92. The molecule has 0 fully saturated rings. The molecule has 0 aliphatic carbocycles. The van der Waals surface area contributed by atoms with Crippen LogP contribution in [0.25, 0.3) is 0 Å². The lowest BCUT2D eigenvalue weighted by atomic mass is 9.78. The van der Waals surface area contributed by atoms with Gasteiger partial charge >= 0.3 is 5.97 Å². The fourth-order valence-electron chi connectivity index (χ4n) is 3.77. The molecule has 0 spiro atoms. The number of hydrogen-bond donors (Lipinski definition) is 0. The molecule has 0 radical (unpaired) electrons. The number of hydrogen-bond acceptors (Lipinski definition) is 7. The van der Waals surface area contributed by atoms with E-state index in [1.54, 1.807) is 17.0 Å². The first kappa shape index (κ1) is 23.7. The van der Waals surface area contributed by atoms with Gasteiger partial charge in [-0.05, 0) is 25.3 Å². The molecule has 1 aromatic carbocycles. The van der Waals surface area contributed by atoms with Crippen LogP contribution in [0.2, 0.25) is 0 Å². The molecule has 31 heavy (non-hydrogen) atoms. The topological polar surface area (TPSA) is 126 Å². The van der Waals surface area contributed by atoms with E-state index in [0.717, 1.165) is 12.1 Å². The van der Waals surface area contributed by atoms with Gasteiger partial charge in [-0.25, -0.2) is 4.79 Å². The SMILES string of the molecule is CCC1=NC(CC)=C(C(=O)OCCC#N)C(c2ccc([N+](=O)[O-])cc2)C1N(C=O)CC. The van der Waals surface area contributed by atoms with Gasteiger partial charge in [-0.3, -0.25) is 19.9 Å². The first-order valence-electron chi connectivity index (χ1n) is 10.2. The van der Waals surface area contributed by atoms with Crippen molar-refractivity contribution >= 4 is 23.8 Å². The standard InChI is InChI=1S/C22H26N4O5/c1-4-17-20(22(28)31-13-7-12-23)19(15-8-10-16(11-9-15)26(29)30)21(18(5-2)24-17)25(6-3)14-27/h8-11,14,19,21H,4-7,13H2,1-3H3. The predicted octanol–water partition coefficient (Wildman–Crippen LogP) is 3.51. The predicted molar refractivity (Wildman–Crippen MR) is 114 cm³/mol. The van der Waals surface area contributed by atoms with Gasteiger partial charge in [-0.1, -0.05) is 26.0 Å². The molecule has 1 aliphatic rings. The Bertz CT molecular complexity index is 930. The van der Waals surface area contributed by atoms with E-state index in [1.165, 1.54) is 12.1 Å². The Morgan fingerprint density at radius 1 is 1.29 bits per heavy atom. The Kier molecular flexibility index (Phi) is 8.43. The fraction of sp³-hybridized carbons (Fsp3) is 0.455. The summed E-state index contributed by atoms with van der Waals surface area (Å²) in [6.07, 6.45) is 1.82. The van der Waals surface area contributed by atoms with Gasteiger partial charge in [-0.15, -0.1) is 0 Å². The van der Waals surface area contributed by atoms with Gasteiger partial charge in [0.15, 0.2) is 0 Å². The molecule has 1 heterocycles. The maximum atomic E-state index is 13.1. The summed E-state index contributed by atoms with van der Waals surface area (Å²) in [6, 6.07) is 7.37. The minimum absolute atomic E-state index is 0.0526. The van der Waals surface area contributed by atoms with E-state index in [1.807, 2.05) is 26.8 Å². The molecular weight excluding hydrogens is 400 g/mol. The summed E-state index contributed by atoms with van der Waals surface area (Å²) in [4.78, 5) is 41.8. The van der Waals surface area contributed by atoms with Crippen LogP contribution in [0.5, 0.6) is 0 Å². The molecule has 164 valence electrons. The number of nitro benzene ring substituents is 1. The fourth-order valence-corrected chi connectivity index (χ4v) is 3.77. The van der Waals surface area contributed by atoms with Crippen LogP contribution < -0.4 is 0 Å². The lowest BCUT2D eigenvalue weighted by Crippen LogP contribution is -2.47. The maximum absolute atomic E-state index is 13.1. The lowest BCUT2D eigenvalue weighted by molar-refractivity contribution is -0.384.